The smallest absolute Gasteiger partial charge is 0.251 e. The molecule has 0 unspecified atom stereocenters. The monoisotopic (exact) mass is 527 g/mol. The Labute approximate surface area is 223 Å². The van der Waals surface area contributed by atoms with Crippen molar-refractivity contribution >= 4 is 45.7 Å². The molecular formula is C28H25N5O2S2. The second-order valence-corrected chi connectivity index (χ2v) is 10.0. The Hall–Kier alpha value is -4.13. The van der Waals surface area contributed by atoms with Crippen LogP contribution in [-0.4, -0.2) is 34.8 Å². The van der Waals surface area contributed by atoms with Crippen molar-refractivity contribution in [3.05, 3.63) is 89.3 Å². The highest BCUT2D eigenvalue weighted by molar-refractivity contribution is 7.98. The number of hydrogen-bond donors (Lipinski definition) is 3. The number of carbonyl (C=O) groups excluding carboxylic acids is 2. The minimum absolute atomic E-state index is 0.330. The van der Waals surface area contributed by atoms with E-state index in [4.69, 9.17) is 5.73 Å². The highest BCUT2D eigenvalue weighted by Crippen LogP contribution is 2.31. The predicted molar refractivity (Wildman–Crippen MR) is 151 cm³/mol. The number of benzene rings is 3. The van der Waals surface area contributed by atoms with Crippen molar-refractivity contribution < 1.29 is 9.59 Å². The summed E-state index contributed by atoms with van der Waals surface area (Å²) in [5.74, 6) is 0.0344. The van der Waals surface area contributed by atoms with Crippen molar-refractivity contribution in [1.82, 2.24) is 10.3 Å². The second-order valence-electron chi connectivity index (χ2n) is 8.19. The average molecular weight is 528 g/mol. The second kappa shape index (κ2) is 12.2. The number of thiazole rings is 1. The van der Waals surface area contributed by atoms with Crippen LogP contribution in [-0.2, 0) is 4.79 Å². The minimum atomic E-state index is -0.718. The molecule has 0 bridgehead atoms. The maximum atomic E-state index is 13.1. The molecule has 1 heterocycles. The Morgan fingerprint density at radius 3 is 2.54 bits per heavy atom. The lowest BCUT2D eigenvalue weighted by atomic mass is 9.97. The van der Waals surface area contributed by atoms with E-state index >= 15 is 0 Å². The first-order valence-corrected chi connectivity index (χ1v) is 13.8. The number of nitrogen functional groups attached to an aromatic ring is 1. The van der Waals surface area contributed by atoms with Gasteiger partial charge >= 0.3 is 0 Å². The molecule has 0 aliphatic carbocycles. The fourth-order valence-electron chi connectivity index (χ4n) is 3.69. The summed E-state index contributed by atoms with van der Waals surface area (Å²) in [5, 5.41) is 17.5. The van der Waals surface area contributed by atoms with Gasteiger partial charge in [0.15, 0.2) is 5.13 Å². The van der Waals surface area contributed by atoms with Crippen LogP contribution in [0.2, 0.25) is 0 Å². The number of nitrogens with zero attached hydrogens (tertiary/aromatic N) is 2. The number of nitriles is 1. The van der Waals surface area contributed by atoms with E-state index < -0.39 is 6.04 Å². The third kappa shape index (κ3) is 6.55. The third-order valence-electron chi connectivity index (χ3n) is 5.66. The van der Waals surface area contributed by atoms with Crippen molar-refractivity contribution in [2.75, 3.05) is 23.1 Å². The molecule has 186 valence electrons. The van der Waals surface area contributed by atoms with E-state index in [0.29, 0.717) is 39.8 Å². The fourth-order valence-corrected chi connectivity index (χ4v) is 4.89. The summed E-state index contributed by atoms with van der Waals surface area (Å²) in [5.41, 5.74) is 10.6. The summed E-state index contributed by atoms with van der Waals surface area (Å²) >= 11 is 2.90. The molecule has 0 radical (unpaired) electrons. The molecule has 9 heteroatoms. The number of carbonyl (C=O) groups is 2. The van der Waals surface area contributed by atoms with Gasteiger partial charge in [0.1, 0.15) is 6.04 Å². The molecule has 0 aliphatic rings. The molecule has 7 nitrogen and oxygen atoms in total. The number of rotatable bonds is 9. The number of aromatic nitrogens is 1. The zero-order valence-corrected chi connectivity index (χ0v) is 21.7. The lowest BCUT2D eigenvalue weighted by Gasteiger charge is -2.17. The van der Waals surface area contributed by atoms with E-state index in [0.717, 1.165) is 16.7 Å². The van der Waals surface area contributed by atoms with Gasteiger partial charge in [0.2, 0.25) is 5.91 Å². The summed E-state index contributed by atoms with van der Waals surface area (Å²) in [6.07, 6.45) is 2.42. The highest BCUT2D eigenvalue weighted by Gasteiger charge is 2.22. The topological polar surface area (TPSA) is 121 Å². The van der Waals surface area contributed by atoms with E-state index in [1.165, 1.54) is 11.3 Å². The Morgan fingerprint density at radius 1 is 1.08 bits per heavy atom. The largest absolute Gasteiger partial charge is 0.399 e. The SMILES string of the molecule is CSCC[C@H](NC(=O)c1ccc(N)cc1)C(=O)Nc1nc(-c2ccc(C#N)c(-c3ccccc3)c2)cs1. The van der Waals surface area contributed by atoms with Gasteiger partial charge in [0, 0.05) is 27.8 Å². The molecule has 4 N–H and O–H groups in total. The normalized spacial score (nSPS) is 11.4. The van der Waals surface area contributed by atoms with Crippen molar-refractivity contribution in [3.63, 3.8) is 0 Å². The van der Waals surface area contributed by atoms with Crippen molar-refractivity contribution in [2.45, 2.75) is 12.5 Å². The quantitative estimate of drug-likeness (QED) is 0.250. The van der Waals surface area contributed by atoms with Crippen LogP contribution >= 0.6 is 23.1 Å². The van der Waals surface area contributed by atoms with Crippen LogP contribution in [0.3, 0.4) is 0 Å². The molecule has 0 saturated heterocycles. The molecular weight excluding hydrogens is 502 g/mol. The van der Waals surface area contributed by atoms with E-state index in [1.54, 1.807) is 42.1 Å². The zero-order chi connectivity index (χ0) is 26.2. The molecule has 4 rings (SSSR count). The van der Waals surface area contributed by atoms with Crippen LogP contribution < -0.4 is 16.4 Å². The Kier molecular flexibility index (Phi) is 8.56. The number of hydrogen-bond acceptors (Lipinski definition) is 7. The third-order valence-corrected chi connectivity index (χ3v) is 7.06. The summed E-state index contributed by atoms with van der Waals surface area (Å²) < 4.78 is 0. The number of nitrogens with two attached hydrogens (primary N) is 1. The van der Waals surface area contributed by atoms with Gasteiger partial charge in [-0.05, 0) is 60.4 Å². The minimum Gasteiger partial charge on any atom is -0.399 e. The van der Waals surface area contributed by atoms with Crippen molar-refractivity contribution in [1.29, 1.82) is 5.26 Å². The molecule has 4 aromatic rings. The van der Waals surface area contributed by atoms with E-state index in [9.17, 15) is 14.9 Å². The Bertz CT molecular complexity index is 1430. The fraction of sp³-hybridized carbons (Fsp3) is 0.143. The van der Waals surface area contributed by atoms with Crippen LogP contribution in [0.15, 0.2) is 78.2 Å². The van der Waals surface area contributed by atoms with Crippen molar-refractivity contribution in [2.24, 2.45) is 0 Å². The molecule has 3 aromatic carbocycles. The molecule has 1 atom stereocenters. The van der Waals surface area contributed by atoms with E-state index in [-0.39, 0.29) is 11.8 Å². The van der Waals surface area contributed by atoms with E-state index in [1.807, 2.05) is 54.1 Å². The lowest BCUT2D eigenvalue weighted by Crippen LogP contribution is -2.44. The van der Waals surface area contributed by atoms with Crippen molar-refractivity contribution in [3.8, 4) is 28.5 Å². The Balaban J connectivity index is 1.50. The van der Waals surface area contributed by atoms with Gasteiger partial charge in [-0.2, -0.15) is 17.0 Å². The number of amides is 2. The van der Waals surface area contributed by atoms with Gasteiger partial charge in [-0.25, -0.2) is 4.98 Å². The van der Waals surface area contributed by atoms with E-state index in [2.05, 4.69) is 21.7 Å². The molecule has 0 fully saturated rings. The van der Waals surface area contributed by atoms with Gasteiger partial charge in [0.25, 0.3) is 5.91 Å². The van der Waals surface area contributed by atoms with Gasteiger partial charge in [-0.1, -0.05) is 36.4 Å². The summed E-state index contributed by atoms with van der Waals surface area (Å²) in [6.45, 7) is 0. The molecule has 2 amide bonds. The first-order valence-electron chi connectivity index (χ1n) is 11.5. The summed E-state index contributed by atoms with van der Waals surface area (Å²) in [7, 11) is 0. The van der Waals surface area contributed by atoms with Gasteiger partial charge in [0.05, 0.1) is 17.3 Å². The van der Waals surface area contributed by atoms with Gasteiger partial charge in [-0.3, -0.25) is 9.59 Å². The number of thioether (sulfide) groups is 1. The van der Waals surface area contributed by atoms with Gasteiger partial charge < -0.3 is 16.4 Å². The maximum absolute atomic E-state index is 13.1. The van der Waals surface area contributed by atoms with Crippen LogP contribution in [0.4, 0.5) is 10.8 Å². The Morgan fingerprint density at radius 2 is 1.84 bits per heavy atom. The summed E-state index contributed by atoms with van der Waals surface area (Å²) in [6, 6.07) is 23.3. The zero-order valence-electron chi connectivity index (χ0n) is 20.1. The first-order chi connectivity index (χ1) is 18.0. The first kappa shape index (κ1) is 25.9. The standard InChI is InChI=1S/C28H25N5O2S2/c1-36-14-13-24(31-26(34)19-9-11-22(30)12-10-19)27(35)33-28-32-25(17-37-28)20-7-8-21(16-29)23(15-20)18-5-3-2-4-6-18/h2-12,15,17,24H,13-14,30H2,1H3,(H,31,34)(H,32,33,35)/t24-/m0/s1. The molecule has 37 heavy (non-hydrogen) atoms. The average Bonchev–Trinajstić information content (AvgIpc) is 3.39. The van der Waals surface area contributed by atoms with Crippen LogP contribution in [0.1, 0.15) is 22.3 Å². The molecule has 0 spiro atoms. The molecule has 0 saturated carbocycles. The predicted octanol–water partition coefficient (Wildman–Crippen LogP) is 5.42. The van der Waals surface area contributed by atoms with Crippen LogP contribution in [0, 0.1) is 11.3 Å². The van der Waals surface area contributed by atoms with Gasteiger partial charge in [-0.15, -0.1) is 11.3 Å². The molecule has 0 aliphatic heterocycles. The number of nitrogens with one attached hydrogen (secondary N) is 2. The summed E-state index contributed by atoms with van der Waals surface area (Å²) in [4.78, 5) is 30.4. The maximum Gasteiger partial charge on any atom is 0.251 e. The lowest BCUT2D eigenvalue weighted by molar-refractivity contribution is -0.118. The number of anilines is 2. The van der Waals surface area contributed by atoms with Crippen LogP contribution in [0.5, 0.6) is 0 Å². The van der Waals surface area contributed by atoms with Crippen LogP contribution in [0.25, 0.3) is 22.4 Å². The molecule has 1 aromatic heterocycles. The highest BCUT2D eigenvalue weighted by atomic mass is 32.2.